The summed E-state index contributed by atoms with van der Waals surface area (Å²) < 4.78 is 6.03. The van der Waals surface area contributed by atoms with Crippen LogP contribution in [0.3, 0.4) is 0 Å². The SMILES string of the molecule is [B]c1cc(C[C@@H](OC(=O)N2CCC(N3CCc4ccccc4NC3=O)CC2)C(=O)N2CCN(C3CCN(CC(=O)N(C)O)CC3)CC2)cc(C=C)c1O. The standard InChI is InChI=1S/C38H50BN7O7/c1-3-27-22-26(23-31(39)35(27)48)24-33(36(49)44-20-18-43(19-21-44)29-9-13-42(14-10-29)25-34(47)41(2)52)53-38(51)45-15-11-30(12-16-45)46-17-8-28-6-4-5-7-32(28)40-37(46)50/h3-7,22-23,29-30,33,48,52H,1,8-21,24-25H2,2H3,(H,40,50)/t33-/m1/s1. The number of likely N-dealkylation sites (tertiary alicyclic amines) is 2. The molecule has 4 heterocycles. The zero-order valence-corrected chi connectivity index (χ0v) is 30.5. The van der Waals surface area contributed by atoms with Crippen molar-refractivity contribution in [3.8, 4) is 5.75 Å². The molecule has 14 nitrogen and oxygen atoms in total. The molecule has 1 atom stereocenters. The highest BCUT2D eigenvalue weighted by Gasteiger charge is 2.36. The first-order chi connectivity index (χ1) is 25.5. The molecule has 4 aliphatic rings. The van der Waals surface area contributed by atoms with Gasteiger partial charge in [0.25, 0.3) is 11.8 Å². The number of piperidine rings is 2. The first kappa shape index (κ1) is 38.1. The van der Waals surface area contributed by atoms with Crippen LogP contribution >= 0.6 is 0 Å². The fraction of sp³-hybridized carbons (Fsp3) is 0.526. The van der Waals surface area contributed by atoms with Crippen LogP contribution < -0.4 is 10.8 Å². The number of piperazine rings is 1. The van der Waals surface area contributed by atoms with Gasteiger partial charge in [0, 0.05) is 95.7 Å². The van der Waals surface area contributed by atoms with Crippen molar-refractivity contribution in [2.75, 3.05) is 77.8 Å². The number of likely N-dealkylation sites (N-methyl/N-ethyl adjacent to an activating group) is 1. The van der Waals surface area contributed by atoms with Crippen LogP contribution in [0.25, 0.3) is 6.08 Å². The van der Waals surface area contributed by atoms with Crippen molar-refractivity contribution in [2.24, 2.45) is 0 Å². The number of para-hydroxylation sites is 1. The van der Waals surface area contributed by atoms with Crippen LogP contribution in [0.2, 0.25) is 0 Å². The Hall–Kier alpha value is -4.60. The molecule has 0 spiro atoms. The lowest BCUT2D eigenvalue weighted by molar-refractivity contribution is -0.160. The number of phenolic OH excluding ortho intramolecular Hbond substituents is 1. The van der Waals surface area contributed by atoms with Gasteiger partial charge in [-0.3, -0.25) is 24.6 Å². The molecular weight excluding hydrogens is 677 g/mol. The number of amides is 5. The fourth-order valence-electron chi connectivity index (χ4n) is 7.95. The van der Waals surface area contributed by atoms with Crippen molar-refractivity contribution in [1.29, 1.82) is 0 Å². The average molecular weight is 728 g/mol. The Morgan fingerprint density at radius 2 is 1.66 bits per heavy atom. The summed E-state index contributed by atoms with van der Waals surface area (Å²) in [6.07, 6.45) is 3.55. The van der Waals surface area contributed by atoms with Crippen LogP contribution in [0, 0.1) is 0 Å². The molecule has 0 unspecified atom stereocenters. The van der Waals surface area contributed by atoms with Crippen molar-refractivity contribution in [1.82, 2.24) is 29.6 Å². The summed E-state index contributed by atoms with van der Waals surface area (Å²) in [5.41, 5.74) is 3.12. The first-order valence-electron chi connectivity index (χ1n) is 18.6. The van der Waals surface area contributed by atoms with Crippen molar-refractivity contribution in [2.45, 2.75) is 56.7 Å². The molecule has 0 aliphatic carbocycles. The van der Waals surface area contributed by atoms with Crippen LogP contribution in [-0.4, -0.2) is 162 Å². The van der Waals surface area contributed by atoms with Gasteiger partial charge in [0.2, 0.25) is 0 Å². The second-order valence-corrected chi connectivity index (χ2v) is 14.4. The van der Waals surface area contributed by atoms with E-state index in [0.717, 1.165) is 43.6 Å². The molecule has 2 aromatic rings. The number of aromatic hydroxyl groups is 1. The fourth-order valence-corrected chi connectivity index (χ4v) is 7.95. The molecule has 53 heavy (non-hydrogen) atoms. The summed E-state index contributed by atoms with van der Waals surface area (Å²) in [5.74, 6) is -0.718. The third-order valence-electron chi connectivity index (χ3n) is 11.1. The van der Waals surface area contributed by atoms with E-state index < -0.39 is 12.2 Å². The topological polar surface area (TPSA) is 149 Å². The number of carbonyl (C=O) groups excluding carboxylic acids is 4. The Balaban J connectivity index is 1.06. The zero-order chi connectivity index (χ0) is 37.6. The summed E-state index contributed by atoms with van der Waals surface area (Å²) in [7, 11) is 7.42. The number of rotatable bonds is 9. The first-order valence-corrected chi connectivity index (χ1v) is 18.6. The van der Waals surface area contributed by atoms with Crippen LogP contribution in [0.1, 0.15) is 42.4 Å². The van der Waals surface area contributed by atoms with Gasteiger partial charge in [-0.05, 0) is 55.4 Å². The highest BCUT2D eigenvalue weighted by atomic mass is 16.6. The Morgan fingerprint density at radius 3 is 2.34 bits per heavy atom. The van der Waals surface area contributed by atoms with E-state index in [9.17, 15) is 29.5 Å². The quantitative estimate of drug-likeness (QED) is 0.200. The molecule has 2 aromatic carbocycles. The molecule has 2 radical (unpaired) electrons. The molecule has 15 heteroatoms. The van der Waals surface area contributed by atoms with Gasteiger partial charge in [-0.1, -0.05) is 42.4 Å². The minimum atomic E-state index is -1.12. The lowest BCUT2D eigenvalue weighted by atomic mass is 9.89. The number of nitrogens with one attached hydrogen (secondary N) is 1. The lowest BCUT2D eigenvalue weighted by Crippen LogP contribution is -2.57. The second-order valence-electron chi connectivity index (χ2n) is 14.4. The van der Waals surface area contributed by atoms with E-state index in [2.05, 4.69) is 16.8 Å². The van der Waals surface area contributed by atoms with Crippen LogP contribution in [0.4, 0.5) is 15.3 Å². The van der Waals surface area contributed by atoms with E-state index in [-0.39, 0.29) is 48.1 Å². The number of anilines is 1. The molecule has 0 saturated carbocycles. The van der Waals surface area contributed by atoms with Crippen molar-refractivity contribution in [3.63, 3.8) is 0 Å². The van der Waals surface area contributed by atoms with E-state index >= 15 is 0 Å². The van der Waals surface area contributed by atoms with E-state index in [1.165, 1.54) is 13.1 Å². The molecule has 4 aliphatic heterocycles. The molecule has 0 bridgehead atoms. The van der Waals surface area contributed by atoms with E-state index in [4.69, 9.17) is 12.6 Å². The van der Waals surface area contributed by atoms with Crippen molar-refractivity contribution >= 4 is 49.0 Å². The maximum atomic E-state index is 14.1. The average Bonchev–Trinajstić information content (AvgIpc) is 3.34. The maximum absolute atomic E-state index is 14.1. The van der Waals surface area contributed by atoms with Gasteiger partial charge in [-0.15, -0.1) is 0 Å². The molecular formula is C38H50BN7O7. The number of nitrogens with zero attached hydrogens (tertiary/aromatic N) is 6. The monoisotopic (exact) mass is 727 g/mol. The summed E-state index contributed by atoms with van der Waals surface area (Å²) in [5, 5.41) is 23.4. The van der Waals surface area contributed by atoms with E-state index in [0.29, 0.717) is 80.9 Å². The van der Waals surface area contributed by atoms with Crippen LogP contribution in [-0.2, 0) is 27.2 Å². The number of hydrogen-bond donors (Lipinski definition) is 3. The smallest absolute Gasteiger partial charge is 0.410 e. The molecule has 3 fully saturated rings. The van der Waals surface area contributed by atoms with Gasteiger partial charge in [0.1, 0.15) is 13.6 Å². The normalized spacial score (nSPS) is 19.9. The Kier molecular flexibility index (Phi) is 12.3. The van der Waals surface area contributed by atoms with Gasteiger partial charge in [0.05, 0.1) is 6.54 Å². The molecule has 0 aromatic heterocycles. The second kappa shape index (κ2) is 17.0. The van der Waals surface area contributed by atoms with Gasteiger partial charge in [-0.25, -0.2) is 14.7 Å². The van der Waals surface area contributed by atoms with Crippen LogP contribution in [0.5, 0.6) is 5.75 Å². The number of ether oxygens (including phenoxy) is 1. The molecule has 3 N–H and O–H groups in total. The lowest BCUT2D eigenvalue weighted by Gasteiger charge is -2.43. The summed E-state index contributed by atoms with van der Waals surface area (Å²) in [4.78, 5) is 62.5. The van der Waals surface area contributed by atoms with Crippen molar-refractivity contribution in [3.05, 3.63) is 59.7 Å². The number of hydrogen-bond acceptors (Lipinski definition) is 9. The Bertz CT molecular complexity index is 1670. The largest absolute Gasteiger partial charge is 0.508 e. The van der Waals surface area contributed by atoms with Gasteiger partial charge in [-0.2, -0.15) is 0 Å². The third-order valence-corrected chi connectivity index (χ3v) is 11.1. The molecule has 5 amide bonds. The van der Waals surface area contributed by atoms with Crippen LogP contribution in [0.15, 0.2) is 43.0 Å². The molecule has 3 saturated heterocycles. The number of fused-ring (bicyclic) bond motifs is 1. The van der Waals surface area contributed by atoms with Gasteiger partial charge >= 0.3 is 12.1 Å². The number of urea groups is 1. The van der Waals surface area contributed by atoms with E-state index in [1.807, 2.05) is 34.1 Å². The number of phenols is 1. The summed E-state index contributed by atoms with van der Waals surface area (Å²) in [6.45, 7) is 9.10. The maximum Gasteiger partial charge on any atom is 0.410 e. The predicted molar refractivity (Wildman–Crippen MR) is 200 cm³/mol. The number of carbonyl (C=O) groups is 4. The Labute approximate surface area is 312 Å². The van der Waals surface area contributed by atoms with E-state index in [1.54, 1.807) is 21.9 Å². The minimum Gasteiger partial charge on any atom is -0.508 e. The molecule has 6 rings (SSSR count). The molecule has 282 valence electrons. The summed E-state index contributed by atoms with van der Waals surface area (Å²) in [6, 6.07) is 11.2. The highest BCUT2D eigenvalue weighted by molar-refractivity contribution is 6.34. The van der Waals surface area contributed by atoms with Gasteiger partial charge in [0.15, 0.2) is 6.10 Å². The van der Waals surface area contributed by atoms with Gasteiger partial charge < -0.3 is 29.9 Å². The number of hydroxylamine groups is 2. The zero-order valence-electron chi connectivity index (χ0n) is 30.5. The van der Waals surface area contributed by atoms with Crippen molar-refractivity contribution < 1.29 is 34.2 Å². The Morgan fingerprint density at radius 1 is 0.981 bits per heavy atom. The third kappa shape index (κ3) is 9.14. The number of benzene rings is 2. The summed E-state index contributed by atoms with van der Waals surface area (Å²) >= 11 is 0. The highest BCUT2D eigenvalue weighted by Crippen LogP contribution is 2.26. The minimum absolute atomic E-state index is 0.0312. The predicted octanol–water partition coefficient (Wildman–Crippen LogP) is 1.89.